The number of aliphatic hydroxyl groups is 2. The zero-order valence-electron chi connectivity index (χ0n) is 14.4. The van der Waals surface area contributed by atoms with Crippen molar-refractivity contribution in [1.29, 1.82) is 0 Å². The van der Waals surface area contributed by atoms with Gasteiger partial charge in [-0.25, -0.2) is 27.3 Å². The first-order valence-corrected chi connectivity index (χ1v) is 12.3. The normalized spacial score (nSPS) is 30.6. The molecule has 1 aromatic rings. The van der Waals surface area contributed by atoms with Gasteiger partial charge in [0.15, 0.2) is 17.6 Å². The number of halogens is 2. The molecule has 7 N–H and O–H groups in total. The van der Waals surface area contributed by atoms with Crippen LogP contribution in [0.25, 0.3) is 0 Å². The molecule has 1 fully saturated rings. The number of rotatable bonds is 8. The van der Waals surface area contributed by atoms with E-state index in [9.17, 15) is 42.4 Å². The van der Waals surface area contributed by atoms with Gasteiger partial charge in [0, 0.05) is 0 Å². The van der Waals surface area contributed by atoms with Crippen molar-refractivity contribution in [3.63, 3.8) is 0 Å². The van der Waals surface area contributed by atoms with Gasteiger partial charge < -0.3 is 34.5 Å². The number of H-pyrrole nitrogens is 1. The van der Waals surface area contributed by atoms with Crippen LogP contribution in [0, 0.1) is 10.5 Å². The van der Waals surface area contributed by atoms with Gasteiger partial charge in [-0.2, -0.15) is 8.62 Å². The predicted molar refractivity (Wildman–Crippen MR) is 91.6 cm³/mol. The summed E-state index contributed by atoms with van der Waals surface area (Å²) < 4.78 is 76.4. The summed E-state index contributed by atoms with van der Waals surface area (Å²) in [6, 6.07) is 0. The van der Waals surface area contributed by atoms with Crippen molar-refractivity contribution < 1.29 is 70.1 Å². The van der Waals surface area contributed by atoms with Crippen molar-refractivity contribution in [3.8, 4) is 0 Å². The molecule has 1 saturated heterocycles. The van der Waals surface area contributed by atoms with Crippen molar-refractivity contribution in [3.05, 3.63) is 27.1 Å². The minimum absolute atomic E-state index is 0.189. The SMILES string of the molecule is O=c1[nH]c(=S)c(F)cn1[C@@H]1O[C@H](OP(=O)(O)OP(=O)(O)OP(=O)(O)O)[C@H](O)C1(O)CF. The predicted octanol–water partition coefficient (Wildman–Crippen LogP) is -0.695. The lowest BCUT2D eigenvalue weighted by molar-refractivity contribution is -0.139. The van der Waals surface area contributed by atoms with Crippen LogP contribution in [0.5, 0.6) is 0 Å². The number of hydrogen-bond donors (Lipinski definition) is 7. The standard InChI is InChI=1S/C9H13F2N2O14P3S/c10-2-9(16)4(14)6(24-7(9)13-1-3(11)5(31)12-8(13)15)25-29(20,21)27-30(22,23)26-28(17,18)19/h1,4,6-7,14,16H,2H2,(H,20,21)(H,22,23)(H,12,15,31)(H2,17,18,19)/t4-,6+,7+,9?/m0/s1. The number of nitrogens with zero attached hydrogens (tertiary/aromatic N) is 1. The topological polar surface area (TPSA) is 247 Å². The van der Waals surface area contributed by atoms with Crippen molar-refractivity contribution in [2.24, 2.45) is 0 Å². The van der Waals surface area contributed by atoms with Crippen molar-refractivity contribution in [2.45, 2.75) is 24.2 Å². The van der Waals surface area contributed by atoms with E-state index in [1.54, 1.807) is 4.98 Å². The molecule has 0 aliphatic carbocycles. The minimum atomic E-state index is -5.94. The van der Waals surface area contributed by atoms with Gasteiger partial charge in [-0.15, -0.1) is 0 Å². The summed E-state index contributed by atoms with van der Waals surface area (Å²) in [4.78, 5) is 49.2. The Hall–Kier alpha value is -0.750. The lowest BCUT2D eigenvalue weighted by atomic mass is 9.98. The molecule has 0 spiro atoms. The Kier molecular flexibility index (Phi) is 7.60. The highest BCUT2D eigenvalue weighted by molar-refractivity contribution is 7.71. The number of nitrogens with one attached hydrogen (secondary N) is 1. The van der Waals surface area contributed by atoms with E-state index in [2.05, 4.69) is 25.4 Å². The molecule has 6 atom stereocenters. The van der Waals surface area contributed by atoms with Gasteiger partial charge in [-0.05, 0) is 0 Å². The van der Waals surface area contributed by atoms with E-state index in [0.717, 1.165) is 0 Å². The van der Waals surface area contributed by atoms with Crippen molar-refractivity contribution in [1.82, 2.24) is 9.55 Å². The maximum absolute atomic E-state index is 13.7. The second-order valence-corrected chi connectivity index (χ2v) is 10.5. The fraction of sp³-hybridized carbons (Fsp3) is 0.556. The third kappa shape index (κ3) is 6.19. The largest absolute Gasteiger partial charge is 0.490 e. The lowest BCUT2D eigenvalue weighted by Crippen LogP contribution is -2.50. The van der Waals surface area contributed by atoms with E-state index in [1.165, 1.54) is 0 Å². The van der Waals surface area contributed by atoms with Gasteiger partial charge >= 0.3 is 29.2 Å². The highest BCUT2D eigenvalue weighted by Gasteiger charge is 2.59. The van der Waals surface area contributed by atoms with Gasteiger partial charge in [-0.3, -0.25) is 14.1 Å². The highest BCUT2D eigenvalue weighted by atomic mass is 32.1. The smallest absolute Gasteiger partial charge is 0.384 e. The molecule has 0 saturated carbocycles. The zero-order chi connectivity index (χ0) is 24.0. The van der Waals surface area contributed by atoms with E-state index in [-0.39, 0.29) is 4.57 Å². The van der Waals surface area contributed by atoms with E-state index < -0.39 is 70.5 Å². The van der Waals surface area contributed by atoms with E-state index in [4.69, 9.17) is 19.4 Å². The summed E-state index contributed by atoms with van der Waals surface area (Å²) in [7, 11) is -17.5. The zero-order valence-corrected chi connectivity index (χ0v) is 17.9. The summed E-state index contributed by atoms with van der Waals surface area (Å²) in [5.41, 5.74) is -4.36. The Balaban J connectivity index is 2.33. The Morgan fingerprint density at radius 2 is 1.81 bits per heavy atom. The Labute approximate surface area is 174 Å². The van der Waals surface area contributed by atoms with Crippen LogP contribution in [0.15, 0.2) is 11.0 Å². The van der Waals surface area contributed by atoms with Crippen LogP contribution in [0.3, 0.4) is 0 Å². The second kappa shape index (κ2) is 8.89. The molecule has 1 aliphatic heterocycles. The monoisotopic (exact) mass is 536 g/mol. The number of phosphoric acid groups is 3. The molecule has 0 bridgehead atoms. The highest BCUT2D eigenvalue weighted by Crippen LogP contribution is 2.67. The Morgan fingerprint density at radius 3 is 2.32 bits per heavy atom. The second-order valence-electron chi connectivity index (χ2n) is 5.77. The summed E-state index contributed by atoms with van der Waals surface area (Å²) >= 11 is 4.47. The minimum Gasteiger partial charge on any atom is -0.384 e. The van der Waals surface area contributed by atoms with Gasteiger partial charge in [-0.1, -0.05) is 12.2 Å². The molecule has 2 rings (SSSR count). The molecule has 178 valence electrons. The number of ether oxygens (including phenoxy) is 1. The van der Waals surface area contributed by atoms with Crippen LogP contribution < -0.4 is 5.69 Å². The molecular weight excluding hydrogens is 523 g/mol. The van der Waals surface area contributed by atoms with E-state index in [1.807, 2.05) is 0 Å². The van der Waals surface area contributed by atoms with Crippen LogP contribution in [0.4, 0.5) is 8.78 Å². The van der Waals surface area contributed by atoms with E-state index in [0.29, 0.717) is 6.20 Å². The average Bonchev–Trinajstić information content (AvgIpc) is 2.79. The molecule has 16 nitrogen and oxygen atoms in total. The maximum Gasteiger partial charge on any atom is 0.490 e. The lowest BCUT2D eigenvalue weighted by Gasteiger charge is -2.28. The summed E-state index contributed by atoms with van der Waals surface area (Å²) in [5.74, 6) is -1.25. The molecule has 2 heterocycles. The molecule has 1 aromatic heterocycles. The maximum atomic E-state index is 13.7. The van der Waals surface area contributed by atoms with Crippen LogP contribution in [-0.4, -0.2) is 64.0 Å². The quantitative estimate of drug-likeness (QED) is 0.160. The third-order valence-corrected chi connectivity index (χ3v) is 7.60. The van der Waals surface area contributed by atoms with Crippen LogP contribution in [-0.2, 0) is 31.6 Å². The van der Waals surface area contributed by atoms with Crippen LogP contribution in [0.2, 0.25) is 0 Å². The van der Waals surface area contributed by atoms with Crippen molar-refractivity contribution >= 4 is 35.7 Å². The third-order valence-electron chi connectivity index (χ3n) is 3.50. The average molecular weight is 536 g/mol. The summed E-state index contributed by atoms with van der Waals surface area (Å²) in [6.07, 6.45) is -7.09. The van der Waals surface area contributed by atoms with E-state index >= 15 is 0 Å². The molecule has 0 amide bonds. The summed E-state index contributed by atoms with van der Waals surface area (Å²) in [6.45, 7) is -1.89. The summed E-state index contributed by atoms with van der Waals surface area (Å²) in [5, 5.41) is 20.4. The van der Waals surface area contributed by atoms with Crippen LogP contribution in [0.1, 0.15) is 6.23 Å². The van der Waals surface area contributed by atoms with Crippen LogP contribution >= 0.6 is 35.7 Å². The molecule has 31 heavy (non-hydrogen) atoms. The number of aromatic nitrogens is 2. The van der Waals surface area contributed by atoms with Gasteiger partial charge in [0.25, 0.3) is 0 Å². The fourth-order valence-corrected chi connectivity index (χ4v) is 5.53. The molecule has 0 aromatic carbocycles. The molecular formula is C9H13F2N2O14P3S. The Morgan fingerprint density at radius 1 is 1.23 bits per heavy atom. The van der Waals surface area contributed by atoms with Gasteiger partial charge in [0.1, 0.15) is 17.4 Å². The first-order chi connectivity index (χ1) is 13.9. The fourth-order valence-electron chi connectivity index (χ4n) is 2.30. The number of phosphoric ester groups is 1. The number of aliphatic hydroxyl groups excluding tert-OH is 1. The number of aromatic amines is 1. The first-order valence-electron chi connectivity index (χ1n) is 7.36. The molecule has 22 heteroatoms. The molecule has 0 radical (unpaired) electrons. The molecule has 1 aliphatic rings. The Bertz CT molecular complexity index is 1110. The molecule has 3 unspecified atom stereocenters. The number of hydrogen-bond acceptors (Lipinski definition) is 11. The van der Waals surface area contributed by atoms with Crippen molar-refractivity contribution in [2.75, 3.05) is 6.67 Å². The van der Waals surface area contributed by atoms with Gasteiger partial charge in [0.05, 0.1) is 6.20 Å². The number of alkyl halides is 1. The first kappa shape index (κ1) is 26.5. The van der Waals surface area contributed by atoms with Gasteiger partial charge in [0.2, 0.25) is 6.29 Å².